The van der Waals surface area contributed by atoms with E-state index in [0.29, 0.717) is 12.8 Å². The minimum Gasteiger partial charge on any atom is -0.454 e. The molecule has 0 aliphatic carbocycles. The highest BCUT2D eigenvalue weighted by molar-refractivity contribution is 5.80. The van der Waals surface area contributed by atoms with Crippen molar-refractivity contribution < 1.29 is 49.3 Å². The predicted molar refractivity (Wildman–Crippen MR) is 384 cm³/mol. The summed E-state index contributed by atoms with van der Waals surface area (Å²) in [5.41, 5.74) is 0. The molecule has 1 aliphatic heterocycles. The van der Waals surface area contributed by atoms with Gasteiger partial charge in [-0.05, 0) is 116 Å². The topological polar surface area (TPSA) is 175 Å². The summed E-state index contributed by atoms with van der Waals surface area (Å²) in [7, 11) is 0. The van der Waals surface area contributed by atoms with E-state index >= 15 is 0 Å². The lowest BCUT2D eigenvalue weighted by atomic mass is 9.99. The zero-order valence-corrected chi connectivity index (χ0v) is 58.2. The van der Waals surface area contributed by atoms with Gasteiger partial charge in [-0.15, -0.1) is 0 Å². The first-order chi connectivity index (χ1) is 44.7. The van der Waals surface area contributed by atoms with Crippen molar-refractivity contribution >= 4 is 11.9 Å². The molecular formula is C80H137NO10. The van der Waals surface area contributed by atoms with Crippen LogP contribution in [0.25, 0.3) is 0 Å². The number of carbonyl (C=O) groups is 2. The number of carbonyl (C=O) groups excluding carboxylic acids is 2. The van der Waals surface area contributed by atoms with Crippen LogP contribution in [-0.2, 0) is 23.8 Å². The Morgan fingerprint density at radius 1 is 0.440 bits per heavy atom. The first-order valence-electron chi connectivity index (χ1n) is 37.3. The van der Waals surface area contributed by atoms with Gasteiger partial charge >= 0.3 is 5.97 Å². The molecule has 0 saturated carbocycles. The molecule has 0 bridgehead atoms. The standard InChI is InChI=1S/C80H137NO10/c1-4-7-10-13-16-19-22-24-26-28-30-32-34-36-38-39-41-43-45-47-49-52-55-58-61-64-67-73(84)79(88)81-71(72(83)66-63-60-57-54-51-21-18-15-12-9-6-3)70-89-80-78(77(87)76(86)74(69-82)90-80)91-75(85)68-65-62-59-56-53-50-48-46-44-42-40-37-35-33-31-29-27-25-23-20-17-14-11-8-5-2/h7,10,16-17,19-20,24-27,30-33,36,38,41,43,63,66,71-74,76-78,80,82-84,86-87H,4-6,8-9,11-15,18,21-23,28-29,34-35,37,39-40,42,44-62,64-65,67-70H2,1-3H3,(H,81,88)/b10-7-,19-16-,20-17-,26-24-,27-25-,32-30-,33-31-,38-36-,43-41-,66-63+. The fourth-order valence-corrected chi connectivity index (χ4v) is 11.0. The van der Waals surface area contributed by atoms with Crippen LogP contribution in [0, 0.1) is 0 Å². The highest BCUT2D eigenvalue weighted by atomic mass is 16.7. The second-order valence-corrected chi connectivity index (χ2v) is 25.3. The minimum atomic E-state index is -1.62. The molecule has 0 radical (unpaired) electrons. The number of ether oxygens (including phenoxy) is 3. The van der Waals surface area contributed by atoms with Crippen molar-refractivity contribution in [1.29, 1.82) is 0 Å². The Bertz CT molecular complexity index is 1950. The molecule has 1 saturated heterocycles. The SMILES string of the molecule is CC/C=C\C/C=C\C/C=C\C/C=C\C/C=C\C/C=C\CCCCCCCCCC(O)C(=O)NC(COC1OC(CO)C(O)C(O)C1OC(=O)CCCCCCCCCCCCCC/C=C\C/C=C\C/C=C\CCCCC)C(O)/C=C/CCCCCCCCCCC. The number of esters is 1. The summed E-state index contributed by atoms with van der Waals surface area (Å²) < 4.78 is 17.7. The van der Waals surface area contributed by atoms with E-state index in [9.17, 15) is 35.1 Å². The van der Waals surface area contributed by atoms with E-state index in [2.05, 4.69) is 135 Å². The molecule has 0 aromatic carbocycles. The van der Waals surface area contributed by atoms with Gasteiger partial charge in [-0.1, -0.05) is 309 Å². The maximum Gasteiger partial charge on any atom is 0.306 e. The van der Waals surface area contributed by atoms with Gasteiger partial charge in [0.25, 0.3) is 0 Å². The molecule has 91 heavy (non-hydrogen) atoms. The molecule has 1 rings (SSSR count). The first kappa shape index (κ1) is 85.1. The second kappa shape index (κ2) is 66.1. The van der Waals surface area contributed by atoms with E-state index < -0.39 is 67.4 Å². The highest BCUT2D eigenvalue weighted by Crippen LogP contribution is 2.26. The number of amides is 1. The van der Waals surface area contributed by atoms with Crippen LogP contribution < -0.4 is 5.32 Å². The van der Waals surface area contributed by atoms with Gasteiger partial charge in [0.1, 0.15) is 24.4 Å². The average molecular weight is 1270 g/mol. The number of allylic oxidation sites excluding steroid dienone is 19. The van der Waals surface area contributed by atoms with Gasteiger partial charge in [-0.3, -0.25) is 9.59 Å². The third-order valence-corrected chi connectivity index (χ3v) is 16.8. The number of nitrogens with one attached hydrogen (secondary N) is 1. The number of rotatable bonds is 63. The van der Waals surface area contributed by atoms with Crippen LogP contribution in [0.15, 0.2) is 122 Å². The Kier molecular flexibility index (Phi) is 61.8. The van der Waals surface area contributed by atoms with E-state index in [-0.39, 0.29) is 19.4 Å². The largest absolute Gasteiger partial charge is 0.454 e. The fourth-order valence-electron chi connectivity index (χ4n) is 11.0. The predicted octanol–water partition coefficient (Wildman–Crippen LogP) is 19.7. The maximum absolute atomic E-state index is 13.5. The van der Waals surface area contributed by atoms with Gasteiger partial charge in [0.2, 0.25) is 5.91 Å². The van der Waals surface area contributed by atoms with Crippen molar-refractivity contribution in [3.05, 3.63) is 122 Å². The van der Waals surface area contributed by atoms with Gasteiger partial charge in [-0.25, -0.2) is 0 Å². The molecule has 1 amide bonds. The zero-order chi connectivity index (χ0) is 66.0. The maximum atomic E-state index is 13.5. The lowest BCUT2D eigenvalue weighted by Crippen LogP contribution is -2.61. The molecule has 0 aromatic heterocycles. The summed E-state index contributed by atoms with van der Waals surface area (Å²) in [6.45, 7) is 5.66. The summed E-state index contributed by atoms with van der Waals surface area (Å²) in [5.74, 6) is -1.21. The van der Waals surface area contributed by atoms with Crippen LogP contribution in [0.2, 0.25) is 0 Å². The molecule has 1 aliphatic rings. The number of aliphatic hydroxyl groups is 5. The number of hydrogen-bond acceptors (Lipinski definition) is 10. The molecule has 6 N–H and O–H groups in total. The van der Waals surface area contributed by atoms with Crippen LogP contribution in [-0.4, -0.2) is 99.6 Å². The molecule has 0 aromatic rings. The van der Waals surface area contributed by atoms with Gasteiger partial charge < -0.3 is 45.1 Å². The smallest absolute Gasteiger partial charge is 0.306 e. The van der Waals surface area contributed by atoms with Crippen molar-refractivity contribution in [2.24, 2.45) is 0 Å². The first-order valence-corrected chi connectivity index (χ1v) is 37.3. The Hall–Kier alpha value is -3.94. The van der Waals surface area contributed by atoms with Gasteiger partial charge in [0.15, 0.2) is 12.4 Å². The van der Waals surface area contributed by atoms with Gasteiger partial charge in [0, 0.05) is 6.42 Å². The summed E-state index contributed by atoms with van der Waals surface area (Å²) in [6, 6.07) is -1.04. The Balaban J connectivity index is 2.54. The molecule has 8 atom stereocenters. The highest BCUT2D eigenvalue weighted by Gasteiger charge is 2.47. The van der Waals surface area contributed by atoms with E-state index in [1.165, 1.54) is 122 Å². The number of hydrogen-bond donors (Lipinski definition) is 6. The number of aliphatic hydroxyl groups excluding tert-OH is 5. The van der Waals surface area contributed by atoms with Crippen LogP contribution >= 0.6 is 0 Å². The monoisotopic (exact) mass is 1270 g/mol. The van der Waals surface area contributed by atoms with Crippen LogP contribution in [0.4, 0.5) is 0 Å². The van der Waals surface area contributed by atoms with Crippen molar-refractivity contribution in [3.63, 3.8) is 0 Å². The Morgan fingerprint density at radius 3 is 1.21 bits per heavy atom. The van der Waals surface area contributed by atoms with E-state index in [0.717, 1.165) is 141 Å². The minimum absolute atomic E-state index is 0.115. The molecule has 11 nitrogen and oxygen atoms in total. The Labute approximate surface area is 557 Å². The summed E-state index contributed by atoms with van der Waals surface area (Å²) >= 11 is 0. The molecule has 522 valence electrons. The molecule has 1 fully saturated rings. The van der Waals surface area contributed by atoms with Crippen LogP contribution in [0.1, 0.15) is 310 Å². The Morgan fingerprint density at radius 2 is 0.791 bits per heavy atom. The van der Waals surface area contributed by atoms with E-state index in [1.54, 1.807) is 6.08 Å². The quantitative estimate of drug-likeness (QED) is 0.0195. The lowest BCUT2D eigenvalue weighted by molar-refractivity contribution is -0.305. The summed E-state index contributed by atoms with van der Waals surface area (Å²) in [4.78, 5) is 26.7. The molecule has 8 unspecified atom stereocenters. The molecular weight excluding hydrogens is 1130 g/mol. The van der Waals surface area contributed by atoms with Crippen molar-refractivity contribution in [2.75, 3.05) is 13.2 Å². The fraction of sp³-hybridized carbons (Fsp3) is 0.725. The van der Waals surface area contributed by atoms with Crippen LogP contribution in [0.3, 0.4) is 0 Å². The van der Waals surface area contributed by atoms with Crippen molar-refractivity contribution in [3.8, 4) is 0 Å². The normalized spacial score (nSPS) is 18.7. The van der Waals surface area contributed by atoms with Crippen molar-refractivity contribution in [1.82, 2.24) is 5.32 Å². The molecule has 1 heterocycles. The van der Waals surface area contributed by atoms with E-state index in [4.69, 9.17) is 14.2 Å². The average Bonchev–Trinajstić information content (AvgIpc) is 1.02. The summed E-state index contributed by atoms with van der Waals surface area (Å²) in [5, 5.41) is 57.3. The molecule has 11 heteroatoms. The zero-order valence-electron chi connectivity index (χ0n) is 58.2. The van der Waals surface area contributed by atoms with Crippen LogP contribution in [0.5, 0.6) is 0 Å². The van der Waals surface area contributed by atoms with Gasteiger partial charge in [0.05, 0.1) is 25.4 Å². The third-order valence-electron chi connectivity index (χ3n) is 16.8. The lowest BCUT2D eigenvalue weighted by Gasteiger charge is -2.41. The van der Waals surface area contributed by atoms with E-state index in [1.807, 2.05) is 6.08 Å². The second-order valence-electron chi connectivity index (χ2n) is 25.3. The third kappa shape index (κ3) is 53.1. The van der Waals surface area contributed by atoms with Crippen molar-refractivity contribution in [2.45, 2.75) is 359 Å². The number of unbranched alkanes of at least 4 members (excludes halogenated alkanes) is 31. The summed E-state index contributed by atoms with van der Waals surface area (Å²) in [6.07, 6.45) is 82.4. The van der Waals surface area contributed by atoms with Gasteiger partial charge in [-0.2, -0.15) is 0 Å². The molecule has 0 spiro atoms.